The lowest BCUT2D eigenvalue weighted by atomic mass is 9.77. The largest absolute Gasteiger partial charge is 0.256 e. The number of aromatic nitrogens is 1. The van der Waals surface area contributed by atoms with Crippen molar-refractivity contribution in [3.05, 3.63) is 100 Å². The third-order valence-electron chi connectivity index (χ3n) is 7.54. The van der Waals surface area contributed by atoms with Crippen molar-refractivity contribution in [2.75, 3.05) is 0 Å². The molecule has 0 aliphatic heterocycles. The van der Waals surface area contributed by atoms with Gasteiger partial charge < -0.3 is 0 Å². The molecule has 1 heterocycles. The lowest BCUT2D eigenvalue weighted by Gasteiger charge is -2.26. The molecule has 1 aromatic heterocycles. The van der Waals surface area contributed by atoms with Gasteiger partial charge in [-0.25, -0.2) is 0 Å². The van der Waals surface area contributed by atoms with Crippen LogP contribution in [0.2, 0.25) is 0 Å². The molecule has 172 valence electrons. The van der Waals surface area contributed by atoms with E-state index in [0.717, 1.165) is 5.69 Å². The monoisotopic (exact) mass is 445 g/mol. The van der Waals surface area contributed by atoms with Crippen molar-refractivity contribution in [1.29, 1.82) is 0 Å². The van der Waals surface area contributed by atoms with Gasteiger partial charge >= 0.3 is 0 Å². The van der Waals surface area contributed by atoms with Crippen LogP contribution in [-0.2, 0) is 10.8 Å². The molecule has 34 heavy (non-hydrogen) atoms. The highest BCUT2D eigenvalue weighted by atomic mass is 14.7. The molecule has 0 spiro atoms. The standard InChI is InChI=1S/C33H35N/c1-20-16-21(2)30(22(3)17-20)23-14-15-34-29(18-23)27-11-9-10-26-25-13-12-24(32(4,5)6)19-28(25)33(7,8)31(26)27/h9-19H,1-8H3. The molecular weight excluding hydrogens is 410 g/mol. The van der Waals surface area contributed by atoms with E-state index in [0.29, 0.717) is 0 Å². The molecule has 1 aliphatic rings. The zero-order valence-corrected chi connectivity index (χ0v) is 21.8. The minimum absolute atomic E-state index is 0.0874. The molecular formula is C33H35N. The summed E-state index contributed by atoms with van der Waals surface area (Å²) in [5.74, 6) is 0. The quantitative estimate of drug-likeness (QED) is 0.300. The number of nitrogens with zero attached hydrogens (tertiary/aromatic N) is 1. The average Bonchev–Trinajstić information content (AvgIpc) is 3.00. The van der Waals surface area contributed by atoms with Crippen molar-refractivity contribution in [2.45, 2.75) is 66.2 Å². The molecule has 0 atom stereocenters. The number of hydrogen-bond acceptors (Lipinski definition) is 1. The molecule has 0 unspecified atom stereocenters. The minimum atomic E-state index is -0.0874. The van der Waals surface area contributed by atoms with Crippen LogP contribution in [0.25, 0.3) is 33.5 Å². The van der Waals surface area contributed by atoms with Crippen molar-refractivity contribution < 1.29 is 0 Å². The van der Waals surface area contributed by atoms with Crippen molar-refractivity contribution in [1.82, 2.24) is 4.98 Å². The third-order valence-corrected chi connectivity index (χ3v) is 7.54. The number of aryl methyl sites for hydroxylation is 3. The lowest BCUT2D eigenvalue weighted by molar-refractivity contribution is 0.585. The Morgan fingerprint density at radius 2 is 1.41 bits per heavy atom. The maximum Gasteiger partial charge on any atom is 0.0711 e. The summed E-state index contributed by atoms with van der Waals surface area (Å²) in [5, 5.41) is 0. The summed E-state index contributed by atoms with van der Waals surface area (Å²) in [6.07, 6.45) is 1.97. The highest BCUT2D eigenvalue weighted by Crippen LogP contribution is 2.52. The van der Waals surface area contributed by atoms with Gasteiger partial charge in [-0.05, 0) is 88.4 Å². The number of benzene rings is 3. The van der Waals surface area contributed by atoms with Crippen LogP contribution >= 0.6 is 0 Å². The summed E-state index contributed by atoms with van der Waals surface area (Å²) in [5.41, 5.74) is 15.7. The second-order valence-electron chi connectivity index (χ2n) is 11.6. The van der Waals surface area contributed by atoms with Crippen LogP contribution in [0.5, 0.6) is 0 Å². The normalized spacial score (nSPS) is 14.1. The molecule has 0 amide bonds. The smallest absolute Gasteiger partial charge is 0.0711 e. The molecule has 0 N–H and O–H groups in total. The first-order valence-corrected chi connectivity index (χ1v) is 12.3. The van der Waals surface area contributed by atoms with Crippen molar-refractivity contribution in [3.63, 3.8) is 0 Å². The van der Waals surface area contributed by atoms with E-state index in [-0.39, 0.29) is 10.8 Å². The van der Waals surface area contributed by atoms with Gasteiger partial charge in [-0.15, -0.1) is 0 Å². The molecule has 1 aliphatic carbocycles. The fourth-order valence-corrected chi connectivity index (χ4v) is 5.93. The number of pyridine rings is 1. The van der Waals surface area contributed by atoms with Crippen molar-refractivity contribution in [2.24, 2.45) is 0 Å². The molecule has 0 fully saturated rings. The van der Waals surface area contributed by atoms with E-state index < -0.39 is 0 Å². The van der Waals surface area contributed by atoms with Gasteiger partial charge in [0.15, 0.2) is 0 Å². The Bertz CT molecular complexity index is 1410. The lowest BCUT2D eigenvalue weighted by Crippen LogP contribution is -2.18. The van der Waals surface area contributed by atoms with Crippen LogP contribution < -0.4 is 0 Å². The zero-order valence-electron chi connectivity index (χ0n) is 21.8. The van der Waals surface area contributed by atoms with Gasteiger partial charge in [0.1, 0.15) is 0 Å². The van der Waals surface area contributed by atoms with Crippen LogP contribution in [0.3, 0.4) is 0 Å². The number of hydrogen-bond donors (Lipinski definition) is 0. The molecule has 1 heteroatoms. The first-order chi connectivity index (χ1) is 16.0. The Hall–Kier alpha value is -3.19. The van der Waals surface area contributed by atoms with Gasteiger partial charge in [0, 0.05) is 17.2 Å². The van der Waals surface area contributed by atoms with E-state index >= 15 is 0 Å². The van der Waals surface area contributed by atoms with E-state index in [1.165, 1.54) is 61.2 Å². The molecule has 0 saturated heterocycles. The number of fused-ring (bicyclic) bond motifs is 3. The zero-order chi connectivity index (χ0) is 24.4. The molecule has 3 aromatic carbocycles. The van der Waals surface area contributed by atoms with Crippen LogP contribution in [0.4, 0.5) is 0 Å². The summed E-state index contributed by atoms with van der Waals surface area (Å²) in [6, 6.07) is 22.8. The van der Waals surface area contributed by atoms with Gasteiger partial charge in [0.2, 0.25) is 0 Å². The maximum atomic E-state index is 4.87. The summed E-state index contributed by atoms with van der Waals surface area (Å²) in [4.78, 5) is 4.87. The Balaban J connectivity index is 1.69. The van der Waals surface area contributed by atoms with Crippen LogP contribution in [-0.4, -0.2) is 4.98 Å². The average molecular weight is 446 g/mol. The maximum absolute atomic E-state index is 4.87. The second-order valence-corrected chi connectivity index (χ2v) is 11.6. The minimum Gasteiger partial charge on any atom is -0.256 e. The Morgan fingerprint density at radius 1 is 0.735 bits per heavy atom. The van der Waals surface area contributed by atoms with E-state index in [2.05, 4.69) is 116 Å². The Kier molecular flexibility index (Phi) is 5.09. The topological polar surface area (TPSA) is 12.9 Å². The van der Waals surface area contributed by atoms with Gasteiger partial charge in [0.25, 0.3) is 0 Å². The fraction of sp³-hybridized carbons (Fsp3) is 0.303. The summed E-state index contributed by atoms with van der Waals surface area (Å²) < 4.78 is 0. The predicted octanol–water partition coefficient (Wildman–Crippen LogP) is 8.94. The van der Waals surface area contributed by atoms with Crippen molar-refractivity contribution >= 4 is 0 Å². The predicted molar refractivity (Wildman–Crippen MR) is 146 cm³/mol. The summed E-state index contributed by atoms with van der Waals surface area (Å²) in [6.45, 7) is 18.2. The van der Waals surface area contributed by atoms with Crippen LogP contribution in [0, 0.1) is 20.8 Å². The van der Waals surface area contributed by atoms with Gasteiger partial charge in [-0.1, -0.05) is 88.7 Å². The molecule has 1 nitrogen and oxygen atoms in total. The molecule has 0 saturated carbocycles. The van der Waals surface area contributed by atoms with Gasteiger partial charge in [0.05, 0.1) is 5.69 Å². The highest BCUT2D eigenvalue weighted by molar-refractivity contribution is 5.88. The SMILES string of the molecule is Cc1cc(C)c(-c2ccnc(-c3cccc4c3C(C)(C)c3cc(C(C)(C)C)ccc3-4)c2)c(C)c1. The van der Waals surface area contributed by atoms with E-state index in [9.17, 15) is 0 Å². The second kappa shape index (κ2) is 7.67. The van der Waals surface area contributed by atoms with Gasteiger partial charge in [-0.3, -0.25) is 4.98 Å². The van der Waals surface area contributed by atoms with Crippen molar-refractivity contribution in [3.8, 4) is 33.5 Å². The molecule has 5 rings (SSSR count). The molecule has 4 aromatic rings. The van der Waals surface area contributed by atoms with Crippen LogP contribution in [0.15, 0.2) is 66.9 Å². The first kappa shape index (κ1) is 22.6. The van der Waals surface area contributed by atoms with E-state index in [1.54, 1.807) is 0 Å². The van der Waals surface area contributed by atoms with E-state index in [4.69, 9.17) is 4.98 Å². The highest BCUT2D eigenvalue weighted by Gasteiger charge is 2.38. The Labute approximate surface area is 204 Å². The third kappa shape index (κ3) is 3.50. The molecule has 0 bridgehead atoms. The molecule has 0 radical (unpaired) electrons. The van der Waals surface area contributed by atoms with Gasteiger partial charge in [-0.2, -0.15) is 0 Å². The first-order valence-electron chi connectivity index (χ1n) is 12.3. The number of rotatable bonds is 2. The summed E-state index contributed by atoms with van der Waals surface area (Å²) >= 11 is 0. The van der Waals surface area contributed by atoms with E-state index in [1.807, 2.05) is 6.20 Å². The fourth-order valence-electron chi connectivity index (χ4n) is 5.93. The Morgan fingerprint density at radius 3 is 2.09 bits per heavy atom. The van der Waals surface area contributed by atoms with Crippen LogP contribution in [0.1, 0.15) is 68.0 Å². The summed E-state index contributed by atoms with van der Waals surface area (Å²) in [7, 11) is 0.